The second kappa shape index (κ2) is 5.64. The molecule has 0 aromatic heterocycles. The lowest BCUT2D eigenvalue weighted by molar-refractivity contribution is -0.133. The lowest BCUT2D eigenvalue weighted by Crippen LogP contribution is -2.32. The van der Waals surface area contributed by atoms with E-state index >= 15 is 0 Å². The molecule has 1 heterocycles. The summed E-state index contributed by atoms with van der Waals surface area (Å²) < 4.78 is 41.9. The zero-order valence-corrected chi connectivity index (χ0v) is 11.8. The molecule has 112 valence electrons. The van der Waals surface area contributed by atoms with E-state index in [0.717, 1.165) is 29.7 Å². The molecule has 1 N–H and O–H groups in total. The second-order valence-corrected chi connectivity index (χ2v) is 5.85. The van der Waals surface area contributed by atoms with Crippen LogP contribution in [0.2, 0.25) is 0 Å². The fraction of sp³-hybridized carbons (Fsp3) is 0.600. The van der Waals surface area contributed by atoms with Crippen molar-refractivity contribution in [1.82, 2.24) is 5.32 Å². The van der Waals surface area contributed by atoms with Crippen LogP contribution in [0.1, 0.15) is 37.8 Å². The molecule has 0 fully saturated rings. The minimum atomic E-state index is -4.09. The molecule has 2 rings (SSSR count). The van der Waals surface area contributed by atoms with Gasteiger partial charge in [0.2, 0.25) is 0 Å². The lowest BCUT2D eigenvalue weighted by atomic mass is 9.93. The zero-order valence-electron chi connectivity index (χ0n) is 11.8. The number of nitrogens with one attached hydrogen (secondary N) is 1. The summed E-state index contributed by atoms with van der Waals surface area (Å²) in [5, 5.41) is 2.82. The highest BCUT2D eigenvalue weighted by atomic mass is 19.4. The van der Waals surface area contributed by atoms with Gasteiger partial charge in [-0.1, -0.05) is 12.1 Å². The van der Waals surface area contributed by atoms with Gasteiger partial charge in [0.25, 0.3) is 0 Å². The topological polar surface area (TPSA) is 21.3 Å². The Morgan fingerprint density at radius 1 is 1.30 bits per heavy atom. The van der Waals surface area contributed by atoms with E-state index in [0.29, 0.717) is 6.54 Å². The number of aryl methyl sites for hydroxylation is 1. The first-order valence-electron chi connectivity index (χ1n) is 6.83. The third-order valence-electron chi connectivity index (χ3n) is 3.42. The molecule has 0 radical (unpaired) electrons. The van der Waals surface area contributed by atoms with E-state index in [1.54, 1.807) is 0 Å². The molecular weight excluding hydrogens is 267 g/mol. The van der Waals surface area contributed by atoms with Crippen LogP contribution in [-0.4, -0.2) is 18.3 Å². The number of ether oxygens (including phenoxy) is 1. The van der Waals surface area contributed by atoms with Crippen molar-refractivity contribution in [2.24, 2.45) is 0 Å². The summed E-state index contributed by atoms with van der Waals surface area (Å²) in [6.45, 7) is 4.52. The number of benzene rings is 1. The van der Waals surface area contributed by atoms with Crippen molar-refractivity contribution < 1.29 is 17.9 Å². The molecule has 0 bridgehead atoms. The van der Waals surface area contributed by atoms with Crippen molar-refractivity contribution in [1.29, 1.82) is 0 Å². The Hall–Kier alpha value is -1.23. The van der Waals surface area contributed by atoms with E-state index in [1.165, 1.54) is 0 Å². The molecule has 0 unspecified atom stereocenters. The van der Waals surface area contributed by atoms with Crippen molar-refractivity contribution >= 4 is 0 Å². The quantitative estimate of drug-likeness (QED) is 0.850. The second-order valence-electron chi connectivity index (χ2n) is 5.85. The summed E-state index contributed by atoms with van der Waals surface area (Å²) in [6.07, 6.45) is -3.00. The van der Waals surface area contributed by atoms with Crippen molar-refractivity contribution in [3.8, 4) is 5.75 Å². The molecule has 1 aromatic carbocycles. The zero-order chi connectivity index (χ0) is 14.8. The fourth-order valence-corrected chi connectivity index (χ4v) is 2.28. The monoisotopic (exact) mass is 287 g/mol. The molecule has 0 saturated heterocycles. The van der Waals surface area contributed by atoms with Crippen LogP contribution in [0.4, 0.5) is 13.2 Å². The Morgan fingerprint density at radius 3 is 2.75 bits per heavy atom. The third kappa shape index (κ3) is 4.40. The molecule has 1 aliphatic rings. The van der Waals surface area contributed by atoms with Gasteiger partial charge in [-0.05, 0) is 43.9 Å². The van der Waals surface area contributed by atoms with Crippen LogP contribution in [0.3, 0.4) is 0 Å². The van der Waals surface area contributed by atoms with Gasteiger partial charge >= 0.3 is 6.18 Å². The van der Waals surface area contributed by atoms with Gasteiger partial charge in [0.05, 0.1) is 6.42 Å². The van der Waals surface area contributed by atoms with Gasteiger partial charge in [0.1, 0.15) is 11.4 Å². The standard InChI is InChI=1S/C15H20F3NO/c1-14(2)6-5-12-9-11(3-4-13(12)20-14)10-19-8-7-15(16,17)18/h3-4,9,19H,5-8,10H2,1-2H3. The number of rotatable bonds is 4. The van der Waals surface area contributed by atoms with Gasteiger partial charge in [-0.3, -0.25) is 0 Å². The molecule has 1 aromatic rings. The number of halogens is 3. The van der Waals surface area contributed by atoms with Crippen LogP contribution >= 0.6 is 0 Å². The average Bonchev–Trinajstić information content (AvgIpc) is 2.33. The smallest absolute Gasteiger partial charge is 0.390 e. The van der Waals surface area contributed by atoms with E-state index in [-0.39, 0.29) is 12.1 Å². The van der Waals surface area contributed by atoms with E-state index in [2.05, 4.69) is 19.2 Å². The highest BCUT2D eigenvalue weighted by Crippen LogP contribution is 2.33. The van der Waals surface area contributed by atoms with E-state index < -0.39 is 12.6 Å². The minimum absolute atomic E-state index is 0.0515. The van der Waals surface area contributed by atoms with Gasteiger partial charge in [-0.25, -0.2) is 0 Å². The normalized spacial score (nSPS) is 17.4. The lowest BCUT2D eigenvalue weighted by Gasteiger charge is -2.32. The predicted molar refractivity (Wildman–Crippen MR) is 71.8 cm³/mol. The Morgan fingerprint density at radius 2 is 2.05 bits per heavy atom. The van der Waals surface area contributed by atoms with E-state index in [9.17, 15) is 13.2 Å². The SMILES string of the molecule is CC1(C)CCc2cc(CNCCC(F)(F)F)ccc2O1. The summed E-state index contributed by atoms with van der Waals surface area (Å²) >= 11 is 0. The number of alkyl halides is 3. The summed E-state index contributed by atoms with van der Waals surface area (Å²) in [5.74, 6) is 0.889. The molecule has 5 heteroatoms. The van der Waals surface area contributed by atoms with Gasteiger partial charge < -0.3 is 10.1 Å². The van der Waals surface area contributed by atoms with Crippen LogP contribution in [-0.2, 0) is 13.0 Å². The van der Waals surface area contributed by atoms with Crippen molar-refractivity contribution in [2.45, 2.75) is 51.4 Å². The first-order valence-corrected chi connectivity index (χ1v) is 6.83. The van der Waals surface area contributed by atoms with Crippen LogP contribution in [0.15, 0.2) is 18.2 Å². The molecule has 2 nitrogen and oxygen atoms in total. The first-order chi connectivity index (χ1) is 9.25. The van der Waals surface area contributed by atoms with Gasteiger partial charge in [0, 0.05) is 13.1 Å². The van der Waals surface area contributed by atoms with Crippen molar-refractivity contribution in [3.05, 3.63) is 29.3 Å². The fourth-order valence-electron chi connectivity index (χ4n) is 2.28. The first kappa shape index (κ1) is 15.2. The summed E-state index contributed by atoms with van der Waals surface area (Å²) in [6, 6.07) is 5.84. The Balaban J connectivity index is 1.89. The van der Waals surface area contributed by atoms with Crippen LogP contribution < -0.4 is 10.1 Å². The molecule has 0 amide bonds. The Kier molecular flexibility index (Phi) is 4.28. The Bertz CT molecular complexity index is 469. The molecule has 20 heavy (non-hydrogen) atoms. The van der Waals surface area contributed by atoms with Crippen LogP contribution in [0.25, 0.3) is 0 Å². The molecule has 0 aliphatic carbocycles. The molecule has 0 atom stereocenters. The molecule has 0 spiro atoms. The average molecular weight is 287 g/mol. The van der Waals surface area contributed by atoms with Gasteiger partial charge in [-0.2, -0.15) is 13.2 Å². The highest BCUT2D eigenvalue weighted by Gasteiger charge is 2.27. The predicted octanol–water partition coefficient (Wildman–Crippen LogP) is 3.83. The summed E-state index contributed by atoms with van der Waals surface area (Å²) in [5.41, 5.74) is 1.99. The van der Waals surface area contributed by atoms with Crippen molar-refractivity contribution in [3.63, 3.8) is 0 Å². The number of fused-ring (bicyclic) bond motifs is 1. The molecule has 1 aliphatic heterocycles. The third-order valence-corrected chi connectivity index (χ3v) is 3.42. The summed E-state index contributed by atoms with van der Waals surface area (Å²) in [7, 11) is 0. The van der Waals surface area contributed by atoms with Gasteiger partial charge in [-0.15, -0.1) is 0 Å². The maximum Gasteiger partial charge on any atom is 0.390 e. The van der Waals surface area contributed by atoms with Crippen LogP contribution in [0.5, 0.6) is 5.75 Å². The molecule has 0 saturated carbocycles. The maximum absolute atomic E-state index is 12.0. The minimum Gasteiger partial charge on any atom is -0.488 e. The van der Waals surface area contributed by atoms with E-state index in [4.69, 9.17) is 4.74 Å². The highest BCUT2D eigenvalue weighted by molar-refractivity contribution is 5.39. The maximum atomic E-state index is 12.0. The molecular formula is C15H20F3NO. The van der Waals surface area contributed by atoms with Crippen molar-refractivity contribution in [2.75, 3.05) is 6.54 Å². The van der Waals surface area contributed by atoms with E-state index in [1.807, 2.05) is 18.2 Å². The number of hydrogen-bond acceptors (Lipinski definition) is 2. The van der Waals surface area contributed by atoms with Crippen LogP contribution in [0, 0.1) is 0 Å². The largest absolute Gasteiger partial charge is 0.488 e. The number of hydrogen-bond donors (Lipinski definition) is 1. The van der Waals surface area contributed by atoms with Gasteiger partial charge in [0.15, 0.2) is 0 Å². The summed E-state index contributed by atoms with van der Waals surface area (Å²) in [4.78, 5) is 0. The Labute approximate surface area is 117 Å².